The van der Waals surface area contributed by atoms with Gasteiger partial charge in [-0.2, -0.15) is 0 Å². The van der Waals surface area contributed by atoms with Crippen molar-refractivity contribution in [2.24, 2.45) is 0 Å². The van der Waals surface area contributed by atoms with Gasteiger partial charge in [-0.05, 0) is 45.2 Å². The number of nitrogens with zero attached hydrogens (tertiary/aromatic N) is 1. The number of hydrogen-bond acceptors (Lipinski definition) is 5. The highest BCUT2D eigenvalue weighted by Gasteiger charge is 2.05. The average molecular weight is 501 g/mol. The van der Waals surface area contributed by atoms with Crippen LogP contribution in [0.3, 0.4) is 0 Å². The molecular weight excluding hydrogens is 444 g/mol. The minimum absolute atomic E-state index is 0.0398. The smallest absolute Gasteiger partial charge is 0.404 e. The number of unbranched alkanes of at least 4 members (excludes halogenated alkanes) is 15. The second kappa shape index (κ2) is 27.3. The molecule has 0 heterocycles. The molecule has 0 saturated heterocycles. The standard InChI is InChI=1S/C28H56N2O5/c1-2-3-4-5-8-14-19-26-35-27(32)20-15-10-9-13-18-23-30(24-25-31)22-17-12-7-6-11-16-21-29-28(33)34/h29,31H,2-26H2,1H3,(H,33,34). The third kappa shape index (κ3) is 27.1. The molecule has 0 rings (SSSR count). The molecule has 0 bridgehead atoms. The van der Waals surface area contributed by atoms with Crippen molar-refractivity contribution >= 4 is 12.1 Å². The Morgan fingerprint density at radius 1 is 0.686 bits per heavy atom. The van der Waals surface area contributed by atoms with Crippen LogP contribution in [0.4, 0.5) is 4.79 Å². The molecule has 0 aliphatic carbocycles. The van der Waals surface area contributed by atoms with Gasteiger partial charge in [0.15, 0.2) is 0 Å². The van der Waals surface area contributed by atoms with E-state index in [0.29, 0.717) is 19.6 Å². The van der Waals surface area contributed by atoms with E-state index in [1.165, 1.54) is 57.8 Å². The molecule has 0 radical (unpaired) electrons. The summed E-state index contributed by atoms with van der Waals surface area (Å²) in [7, 11) is 0. The molecule has 0 aromatic rings. The van der Waals surface area contributed by atoms with E-state index in [0.717, 1.165) is 77.4 Å². The van der Waals surface area contributed by atoms with Crippen molar-refractivity contribution < 1.29 is 24.5 Å². The Labute approximate surface area is 215 Å². The zero-order valence-electron chi connectivity index (χ0n) is 22.7. The quantitative estimate of drug-likeness (QED) is 0.0876. The lowest BCUT2D eigenvalue weighted by molar-refractivity contribution is -0.143. The maximum Gasteiger partial charge on any atom is 0.404 e. The van der Waals surface area contributed by atoms with Crippen LogP contribution in [0.15, 0.2) is 0 Å². The van der Waals surface area contributed by atoms with Crippen molar-refractivity contribution in [3.8, 4) is 0 Å². The molecule has 0 fully saturated rings. The number of carbonyl (C=O) groups excluding carboxylic acids is 1. The highest BCUT2D eigenvalue weighted by atomic mass is 16.5. The van der Waals surface area contributed by atoms with Crippen LogP contribution in [0.1, 0.15) is 129 Å². The number of nitrogens with one attached hydrogen (secondary N) is 1. The molecule has 0 unspecified atom stereocenters. The summed E-state index contributed by atoms with van der Waals surface area (Å²) in [5.41, 5.74) is 0. The van der Waals surface area contributed by atoms with Gasteiger partial charge in [-0.15, -0.1) is 0 Å². The molecule has 0 spiro atoms. The van der Waals surface area contributed by atoms with Crippen molar-refractivity contribution in [1.82, 2.24) is 10.2 Å². The average Bonchev–Trinajstić information content (AvgIpc) is 2.83. The Balaban J connectivity index is 3.50. The van der Waals surface area contributed by atoms with Crippen molar-refractivity contribution in [2.45, 2.75) is 129 Å². The number of esters is 1. The molecule has 0 aliphatic heterocycles. The SMILES string of the molecule is CCCCCCCCCOC(=O)CCCCCCCN(CCO)CCCCCCCCNC(=O)O. The van der Waals surface area contributed by atoms with Gasteiger partial charge in [0.05, 0.1) is 13.2 Å². The van der Waals surface area contributed by atoms with Crippen LogP contribution in [0, 0.1) is 0 Å². The summed E-state index contributed by atoms with van der Waals surface area (Å²) in [5, 5.41) is 20.3. The third-order valence-electron chi connectivity index (χ3n) is 6.46. The van der Waals surface area contributed by atoms with Crippen LogP contribution in [-0.4, -0.2) is 66.6 Å². The van der Waals surface area contributed by atoms with E-state index in [1.807, 2.05) is 0 Å². The first-order chi connectivity index (χ1) is 17.1. The molecule has 0 saturated carbocycles. The zero-order chi connectivity index (χ0) is 25.8. The van der Waals surface area contributed by atoms with Crippen LogP contribution < -0.4 is 5.32 Å². The van der Waals surface area contributed by atoms with Gasteiger partial charge in [0.2, 0.25) is 0 Å². The highest BCUT2D eigenvalue weighted by molar-refractivity contribution is 5.69. The molecule has 0 aromatic carbocycles. The fraction of sp³-hybridized carbons (Fsp3) is 0.929. The van der Waals surface area contributed by atoms with E-state index < -0.39 is 6.09 Å². The monoisotopic (exact) mass is 500 g/mol. The largest absolute Gasteiger partial charge is 0.466 e. The fourth-order valence-corrected chi connectivity index (χ4v) is 4.29. The number of carboxylic acid groups (broad SMARTS) is 1. The lowest BCUT2D eigenvalue weighted by atomic mass is 10.1. The zero-order valence-corrected chi connectivity index (χ0v) is 22.7. The lowest BCUT2D eigenvalue weighted by Crippen LogP contribution is -2.29. The minimum Gasteiger partial charge on any atom is -0.466 e. The Hall–Kier alpha value is -1.34. The molecular formula is C28H56N2O5. The summed E-state index contributed by atoms with van der Waals surface area (Å²) in [6.45, 7) is 6.37. The third-order valence-corrected chi connectivity index (χ3v) is 6.46. The number of aliphatic hydroxyl groups excluding tert-OH is 1. The Bertz CT molecular complexity index is 476. The summed E-state index contributed by atoms with van der Waals surface area (Å²) >= 11 is 0. The number of ether oxygens (including phenoxy) is 1. The van der Waals surface area contributed by atoms with Gasteiger partial charge in [-0.25, -0.2) is 4.79 Å². The van der Waals surface area contributed by atoms with E-state index in [1.54, 1.807) is 0 Å². The normalized spacial score (nSPS) is 11.2. The van der Waals surface area contributed by atoms with Crippen LogP contribution in [0.5, 0.6) is 0 Å². The molecule has 0 aliphatic rings. The summed E-state index contributed by atoms with van der Waals surface area (Å²) < 4.78 is 5.35. The van der Waals surface area contributed by atoms with Gasteiger partial charge in [0.1, 0.15) is 0 Å². The molecule has 208 valence electrons. The molecule has 1 amide bonds. The molecule has 0 atom stereocenters. The predicted octanol–water partition coefficient (Wildman–Crippen LogP) is 6.52. The topological polar surface area (TPSA) is 99.1 Å². The van der Waals surface area contributed by atoms with Gasteiger partial charge in [0, 0.05) is 19.5 Å². The first-order valence-electron chi connectivity index (χ1n) is 14.6. The summed E-state index contributed by atoms with van der Waals surface area (Å²) in [6, 6.07) is 0. The van der Waals surface area contributed by atoms with E-state index >= 15 is 0 Å². The predicted molar refractivity (Wildman–Crippen MR) is 144 cm³/mol. The Morgan fingerprint density at radius 2 is 1.20 bits per heavy atom. The number of carbonyl (C=O) groups is 2. The number of rotatable bonds is 27. The second-order valence-corrected chi connectivity index (χ2v) is 9.78. The first-order valence-corrected chi connectivity index (χ1v) is 14.6. The van der Waals surface area contributed by atoms with Crippen molar-refractivity contribution in [2.75, 3.05) is 39.4 Å². The minimum atomic E-state index is -0.942. The first kappa shape index (κ1) is 33.7. The van der Waals surface area contributed by atoms with Gasteiger partial charge < -0.3 is 25.2 Å². The highest BCUT2D eigenvalue weighted by Crippen LogP contribution is 2.10. The van der Waals surface area contributed by atoms with Crippen LogP contribution in [0.25, 0.3) is 0 Å². The number of aliphatic hydroxyl groups is 1. The molecule has 35 heavy (non-hydrogen) atoms. The number of amides is 1. The van der Waals surface area contributed by atoms with Crippen LogP contribution >= 0.6 is 0 Å². The van der Waals surface area contributed by atoms with Gasteiger partial charge in [0.25, 0.3) is 0 Å². The Morgan fingerprint density at radius 3 is 1.77 bits per heavy atom. The maximum absolute atomic E-state index is 11.8. The van der Waals surface area contributed by atoms with E-state index in [4.69, 9.17) is 9.84 Å². The Kier molecular flexibility index (Phi) is 26.2. The fourth-order valence-electron chi connectivity index (χ4n) is 4.29. The summed E-state index contributed by atoms with van der Waals surface area (Å²) in [4.78, 5) is 24.6. The van der Waals surface area contributed by atoms with Gasteiger partial charge in [-0.1, -0.05) is 90.4 Å². The second-order valence-electron chi connectivity index (χ2n) is 9.78. The van der Waals surface area contributed by atoms with E-state index in [-0.39, 0.29) is 12.6 Å². The van der Waals surface area contributed by atoms with Crippen LogP contribution in [0.2, 0.25) is 0 Å². The molecule has 7 nitrogen and oxygen atoms in total. The molecule has 3 N–H and O–H groups in total. The summed E-state index contributed by atoms with van der Waals surface area (Å²) in [6.07, 6.45) is 20.3. The van der Waals surface area contributed by atoms with Crippen molar-refractivity contribution in [3.63, 3.8) is 0 Å². The van der Waals surface area contributed by atoms with Gasteiger partial charge in [-0.3, -0.25) is 4.79 Å². The summed E-state index contributed by atoms with van der Waals surface area (Å²) in [5.74, 6) is -0.0398. The van der Waals surface area contributed by atoms with Crippen molar-refractivity contribution in [3.05, 3.63) is 0 Å². The number of hydrogen-bond donors (Lipinski definition) is 3. The lowest BCUT2D eigenvalue weighted by Gasteiger charge is -2.21. The van der Waals surface area contributed by atoms with E-state index in [9.17, 15) is 14.7 Å². The van der Waals surface area contributed by atoms with Crippen LogP contribution in [-0.2, 0) is 9.53 Å². The molecule has 7 heteroatoms. The van der Waals surface area contributed by atoms with Crippen molar-refractivity contribution in [1.29, 1.82) is 0 Å². The molecule has 0 aromatic heterocycles. The van der Waals surface area contributed by atoms with E-state index in [2.05, 4.69) is 17.1 Å². The van der Waals surface area contributed by atoms with Gasteiger partial charge >= 0.3 is 12.1 Å². The maximum atomic E-state index is 11.8.